The molecule has 0 atom stereocenters. The fourth-order valence-corrected chi connectivity index (χ4v) is 5.01. The van der Waals surface area contributed by atoms with Gasteiger partial charge in [0, 0.05) is 56.0 Å². The van der Waals surface area contributed by atoms with Crippen molar-refractivity contribution in [2.75, 3.05) is 31.9 Å². The third kappa shape index (κ3) is 6.21. The number of hydrogen-bond donors (Lipinski definition) is 3. The van der Waals surface area contributed by atoms with Crippen LogP contribution in [0.3, 0.4) is 0 Å². The van der Waals surface area contributed by atoms with Gasteiger partial charge < -0.3 is 26.4 Å². The molecule has 0 radical (unpaired) electrons. The molecule has 0 saturated carbocycles. The fourth-order valence-electron chi connectivity index (χ4n) is 5.01. The lowest BCUT2D eigenvalue weighted by Gasteiger charge is -2.25. The summed E-state index contributed by atoms with van der Waals surface area (Å²) in [5.41, 5.74) is 9.05. The van der Waals surface area contributed by atoms with E-state index in [0.29, 0.717) is 30.7 Å². The van der Waals surface area contributed by atoms with Gasteiger partial charge in [-0.2, -0.15) is 0 Å². The van der Waals surface area contributed by atoms with E-state index in [1.54, 1.807) is 18.7 Å². The third-order valence-electron chi connectivity index (χ3n) is 7.21. The number of benzene rings is 2. The van der Waals surface area contributed by atoms with Crippen molar-refractivity contribution in [1.29, 1.82) is 0 Å². The van der Waals surface area contributed by atoms with Crippen molar-refractivity contribution in [1.82, 2.24) is 24.3 Å². The van der Waals surface area contributed by atoms with Crippen LogP contribution in [0.5, 0.6) is 11.5 Å². The normalized spacial score (nSPS) is 12.8. The summed E-state index contributed by atoms with van der Waals surface area (Å²) in [7, 11) is 0. The van der Waals surface area contributed by atoms with Gasteiger partial charge in [0.25, 0.3) is 17.4 Å². The highest BCUT2D eigenvalue weighted by Gasteiger charge is 2.27. The average Bonchev–Trinajstić information content (AvgIpc) is 3.02. The fraction of sp³-hybridized carbons (Fsp3) is 0.219. The Morgan fingerprint density at radius 1 is 1.02 bits per heavy atom. The second-order valence-corrected chi connectivity index (χ2v) is 10.6. The summed E-state index contributed by atoms with van der Waals surface area (Å²) in [5.74, 6) is 1.84. The highest BCUT2D eigenvalue weighted by molar-refractivity contribution is 5.98. The molecule has 3 heterocycles. The molecule has 1 aliphatic rings. The third-order valence-corrected chi connectivity index (χ3v) is 7.21. The maximum atomic E-state index is 15.7. The molecule has 1 fully saturated rings. The van der Waals surface area contributed by atoms with Crippen molar-refractivity contribution in [2.24, 2.45) is 5.73 Å². The smallest absolute Gasteiger partial charge is 0.336 e. The van der Waals surface area contributed by atoms with Crippen molar-refractivity contribution >= 4 is 17.6 Å². The number of nitrogen functional groups attached to an aromatic ring is 1. The number of pyridine rings is 1. The number of piperazine rings is 1. The Morgan fingerprint density at radius 2 is 1.72 bits per heavy atom. The maximum Gasteiger partial charge on any atom is 0.336 e. The van der Waals surface area contributed by atoms with E-state index in [1.165, 1.54) is 36.5 Å². The summed E-state index contributed by atoms with van der Waals surface area (Å²) in [6.45, 7) is 5.56. The number of nitrogens with two attached hydrogens (primary N) is 2. The number of carbonyl (C=O) groups is 2. The largest absolute Gasteiger partial charge is 0.453 e. The van der Waals surface area contributed by atoms with Gasteiger partial charge in [-0.05, 0) is 62.2 Å². The van der Waals surface area contributed by atoms with E-state index in [-0.39, 0.29) is 39.8 Å². The van der Waals surface area contributed by atoms with Crippen LogP contribution in [0, 0.1) is 23.5 Å². The minimum atomic E-state index is -1.16. The van der Waals surface area contributed by atoms with Crippen molar-refractivity contribution in [3.8, 4) is 40.3 Å². The molecule has 1 aliphatic heterocycles. The van der Waals surface area contributed by atoms with Gasteiger partial charge in [-0.25, -0.2) is 23.1 Å². The summed E-state index contributed by atoms with van der Waals surface area (Å²) < 4.78 is 36.9. The molecule has 0 spiro atoms. The van der Waals surface area contributed by atoms with Gasteiger partial charge in [0.15, 0.2) is 11.6 Å². The van der Waals surface area contributed by atoms with E-state index in [0.717, 1.165) is 22.8 Å². The van der Waals surface area contributed by atoms with Gasteiger partial charge in [0.2, 0.25) is 0 Å². The number of amides is 2. The van der Waals surface area contributed by atoms with Crippen LogP contribution in [-0.4, -0.2) is 57.0 Å². The quantitative estimate of drug-likeness (QED) is 0.273. The van der Waals surface area contributed by atoms with Crippen LogP contribution in [0.2, 0.25) is 0 Å². The molecule has 4 aromatic rings. The number of ether oxygens (including phenoxy) is 1. The zero-order valence-electron chi connectivity index (χ0n) is 24.8. The Labute approximate surface area is 261 Å². The van der Waals surface area contributed by atoms with Gasteiger partial charge in [-0.1, -0.05) is 0 Å². The minimum Gasteiger partial charge on any atom is -0.453 e. The molecule has 0 bridgehead atoms. The second kappa shape index (κ2) is 13.0. The minimum absolute atomic E-state index is 0.0105. The van der Waals surface area contributed by atoms with Gasteiger partial charge in [0.05, 0.1) is 11.4 Å². The van der Waals surface area contributed by atoms with Crippen LogP contribution in [0.1, 0.15) is 35.8 Å². The highest BCUT2D eigenvalue weighted by atomic mass is 19.1. The molecular formula is C32H29F2N7O5. The van der Waals surface area contributed by atoms with Gasteiger partial charge in [0.1, 0.15) is 28.5 Å². The first-order valence-corrected chi connectivity index (χ1v) is 14.2. The number of rotatable bonds is 6. The first kappa shape index (κ1) is 31.6. The van der Waals surface area contributed by atoms with Crippen LogP contribution in [-0.2, 0) is 4.79 Å². The molecular weight excluding hydrogens is 600 g/mol. The summed E-state index contributed by atoms with van der Waals surface area (Å²) >= 11 is 0. The SMILES string of the molecule is CC(C)n1c(-c2ccc(Oc3ccnc(N)c3C#CC(=O)N3CCNCC3)c(F)c2)c(C(N)=O)c(=O)n(-c2ccc(F)cc2)c1=O. The Bertz CT molecular complexity index is 2020. The molecule has 12 nitrogen and oxygen atoms in total. The number of nitrogens with one attached hydrogen (secondary N) is 1. The highest BCUT2D eigenvalue weighted by Crippen LogP contribution is 2.33. The van der Waals surface area contributed by atoms with Crippen LogP contribution >= 0.6 is 0 Å². The van der Waals surface area contributed by atoms with Crippen LogP contribution in [0.15, 0.2) is 64.3 Å². The molecule has 5 N–H and O–H groups in total. The molecule has 1 saturated heterocycles. The van der Waals surface area contributed by atoms with Crippen molar-refractivity contribution in [3.63, 3.8) is 0 Å². The number of halogens is 2. The number of primary amides is 1. The molecule has 0 unspecified atom stereocenters. The van der Waals surface area contributed by atoms with E-state index in [4.69, 9.17) is 16.2 Å². The summed E-state index contributed by atoms with van der Waals surface area (Å²) in [6, 6.07) is 8.89. The average molecular weight is 630 g/mol. The predicted octanol–water partition coefficient (Wildman–Crippen LogP) is 2.18. The maximum absolute atomic E-state index is 15.7. The molecule has 2 aromatic heterocycles. The van der Waals surface area contributed by atoms with E-state index in [2.05, 4.69) is 22.1 Å². The van der Waals surface area contributed by atoms with Crippen LogP contribution in [0.25, 0.3) is 16.9 Å². The first-order valence-electron chi connectivity index (χ1n) is 14.2. The van der Waals surface area contributed by atoms with E-state index in [1.807, 2.05) is 0 Å². The zero-order valence-corrected chi connectivity index (χ0v) is 24.8. The lowest BCUT2D eigenvalue weighted by Crippen LogP contribution is -2.46. The Kier molecular flexibility index (Phi) is 8.97. The number of carbonyl (C=O) groups excluding carboxylic acids is 2. The molecule has 5 rings (SSSR count). The number of aromatic nitrogens is 3. The Hall–Kier alpha value is -5.81. The second-order valence-electron chi connectivity index (χ2n) is 10.6. The molecule has 236 valence electrons. The van der Waals surface area contributed by atoms with E-state index < -0.39 is 46.3 Å². The van der Waals surface area contributed by atoms with Crippen LogP contribution < -0.4 is 32.8 Å². The number of anilines is 1. The van der Waals surface area contributed by atoms with Crippen LogP contribution in [0.4, 0.5) is 14.6 Å². The molecule has 46 heavy (non-hydrogen) atoms. The van der Waals surface area contributed by atoms with E-state index >= 15 is 4.39 Å². The van der Waals surface area contributed by atoms with Gasteiger partial charge in [-0.3, -0.25) is 19.0 Å². The molecule has 2 amide bonds. The molecule has 2 aromatic carbocycles. The monoisotopic (exact) mass is 629 g/mol. The predicted molar refractivity (Wildman–Crippen MR) is 166 cm³/mol. The van der Waals surface area contributed by atoms with Crippen molar-refractivity contribution in [3.05, 3.63) is 98.3 Å². The summed E-state index contributed by atoms with van der Waals surface area (Å²) in [5, 5.41) is 3.15. The van der Waals surface area contributed by atoms with Gasteiger partial charge >= 0.3 is 5.69 Å². The number of hydrogen-bond acceptors (Lipinski definition) is 8. The Balaban J connectivity index is 1.57. The zero-order chi connectivity index (χ0) is 33.1. The lowest BCUT2D eigenvalue weighted by molar-refractivity contribution is -0.125. The summed E-state index contributed by atoms with van der Waals surface area (Å²) in [4.78, 5) is 58.0. The standard InChI is InChI=1S/C32H29F2N7O5/c1-18(2)40-28(27(30(36)43)31(44)41(32(40)45)21-6-4-20(33)5-7-21)19-3-9-25(23(34)17-19)46-24-11-12-38-29(35)22(24)8-10-26(42)39-15-13-37-14-16-39/h3-7,9,11-12,17-18,37H,13-16H2,1-2H3,(H2,35,38)(H2,36,43). The lowest BCUT2D eigenvalue weighted by atomic mass is 10.0. The Morgan fingerprint density at radius 3 is 2.35 bits per heavy atom. The molecule has 14 heteroatoms. The van der Waals surface area contributed by atoms with Crippen molar-refractivity contribution in [2.45, 2.75) is 19.9 Å². The van der Waals surface area contributed by atoms with E-state index in [9.17, 15) is 23.6 Å². The first-order chi connectivity index (χ1) is 22.0. The van der Waals surface area contributed by atoms with Gasteiger partial charge in [-0.15, -0.1) is 0 Å². The molecule has 0 aliphatic carbocycles. The number of nitrogens with zero attached hydrogens (tertiary/aromatic N) is 4. The topological polar surface area (TPSA) is 168 Å². The van der Waals surface area contributed by atoms with Crippen molar-refractivity contribution < 1.29 is 23.1 Å². The summed E-state index contributed by atoms with van der Waals surface area (Å²) in [6.07, 6.45) is 1.33.